The summed E-state index contributed by atoms with van der Waals surface area (Å²) in [6, 6.07) is 8.17. The second-order valence-corrected chi connectivity index (χ2v) is 10.2. The number of carbonyl (C=O) groups is 1. The molecule has 170 valence electrons. The lowest BCUT2D eigenvalue weighted by molar-refractivity contribution is -0.275. The maximum atomic E-state index is 14.1. The van der Waals surface area contributed by atoms with Crippen LogP contribution in [0.3, 0.4) is 0 Å². The molecule has 4 rings (SSSR count). The summed E-state index contributed by atoms with van der Waals surface area (Å²) in [6.07, 6.45) is -5.37. The number of nitrogens with zero attached hydrogens (tertiary/aromatic N) is 1. The summed E-state index contributed by atoms with van der Waals surface area (Å²) in [7, 11) is -0.892. The third-order valence-electron chi connectivity index (χ3n) is 5.43. The molecule has 32 heavy (non-hydrogen) atoms. The molecule has 0 aliphatic carbocycles. The van der Waals surface area contributed by atoms with Crippen LogP contribution in [0.15, 0.2) is 41.6 Å². The minimum atomic E-state index is -4.79. The Bertz CT molecular complexity index is 1130. The summed E-state index contributed by atoms with van der Waals surface area (Å²) >= 11 is 11.8. The zero-order valence-electron chi connectivity index (χ0n) is 16.6. The standard InChI is InChI=1S/C21H17Cl2F3N2O3S/c1-11-4-12(2-3-17(11)19(29)27-16-9-32(30)10-16)18-8-20(31-28-18,21(24,25)26)13-5-14(22)7-15(23)6-13/h2-7,16H,8-10H2,1H3,(H,27,29)/t16?,20-,32?/m1/s1. The molecule has 11 heteroatoms. The first-order valence-corrected chi connectivity index (χ1v) is 11.8. The third kappa shape index (κ3) is 4.25. The average molecular weight is 505 g/mol. The van der Waals surface area contributed by atoms with Crippen molar-refractivity contribution in [2.24, 2.45) is 5.16 Å². The van der Waals surface area contributed by atoms with Crippen molar-refractivity contribution in [1.82, 2.24) is 5.32 Å². The molecular weight excluding hydrogens is 488 g/mol. The number of carbonyl (C=O) groups excluding carboxylic acids is 1. The summed E-state index contributed by atoms with van der Waals surface area (Å²) in [5.74, 6) is 0.521. The highest BCUT2D eigenvalue weighted by molar-refractivity contribution is 7.86. The highest BCUT2D eigenvalue weighted by Gasteiger charge is 2.62. The fraction of sp³-hybridized carbons (Fsp3) is 0.333. The number of nitrogens with one attached hydrogen (secondary N) is 1. The van der Waals surface area contributed by atoms with Gasteiger partial charge in [-0.15, -0.1) is 0 Å². The predicted molar refractivity (Wildman–Crippen MR) is 117 cm³/mol. The maximum Gasteiger partial charge on any atom is 0.435 e. The van der Waals surface area contributed by atoms with Gasteiger partial charge in [-0.05, 0) is 48.4 Å². The normalized spacial score (nSPS) is 25.0. The zero-order valence-corrected chi connectivity index (χ0v) is 19.0. The number of hydrogen-bond acceptors (Lipinski definition) is 4. The highest BCUT2D eigenvalue weighted by Crippen LogP contribution is 2.49. The first-order chi connectivity index (χ1) is 15.0. The van der Waals surface area contributed by atoms with Crippen LogP contribution in [0.5, 0.6) is 0 Å². The molecule has 1 saturated heterocycles. The van der Waals surface area contributed by atoms with Gasteiger partial charge in [-0.1, -0.05) is 34.4 Å². The SMILES string of the molecule is Cc1cc(C2=NO[C@](c3cc(Cl)cc(Cl)c3)(C(F)(F)F)C2)ccc1C(=O)NC1CS(=O)C1. The molecule has 1 atom stereocenters. The van der Waals surface area contributed by atoms with Crippen molar-refractivity contribution in [2.75, 3.05) is 11.5 Å². The van der Waals surface area contributed by atoms with Gasteiger partial charge in [0.15, 0.2) is 0 Å². The summed E-state index contributed by atoms with van der Waals surface area (Å²) in [5.41, 5.74) is -1.52. The summed E-state index contributed by atoms with van der Waals surface area (Å²) in [4.78, 5) is 17.5. The smallest absolute Gasteiger partial charge is 0.374 e. The Hall–Kier alpha value is -2.10. The van der Waals surface area contributed by atoms with Crippen LogP contribution >= 0.6 is 23.2 Å². The van der Waals surface area contributed by atoms with E-state index in [1.165, 1.54) is 18.2 Å². The first kappa shape index (κ1) is 23.1. The molecule has 2 aliphatic rings. The second-order valence-electron chi connectivity index (χ2n) is 7.76. The van der Waals surface area contributed by atoms with Crippen molar-refractivity contribution >= 4 is 45.6 Å². The van der Waals surface area contributed by atoms with Gasteiger partial charge in [0, 0.05) is 49.9 Å². The van der Waals surface area contributed by atoms with E-state index in [0.29, 0.717) is 28.2 Å². The summed E-state index contributed by atoms with van der Waals surface area (Å²) in [6.45, 7) is 1.68. The van der Waals surface area contributed by atoms with Gasteiger partial charge in [-0.2, -0.15) is 13.2 Å². The first-order valence-electron chi connectivity index (χ1n) is 9.54. The molecule has 2 aromatic rings. The maximum absolute atomic E-state index is 14.1. The van der Waals surface area contributed by atoms with Gasteiger partial charge in [0.2, 0.25) is 0 Å². The minimum absolute atomic E-state index is 0.0506. The molecule has 1 N–H and O–H groups in total. The van der Waals surface area contributed by atoms with Crippen molar-refractivity contribution < 1.29 is 27.0 Å². The average Bonchev–Trinajstić information content (AvgIpc) is 3.12. The predicted octanol–water partition coefficient (Wildman–Crippen LogP) is 4.74. The fourth-order valence-corrected chi connectivity index (χ4v) is 5.18. The summed E-state index contributed by atoms with van der Waals surface area (Å²) < 4.78 is 53.6. The van der Waals surface area contributed by atoms with Crippen LogP contribution in [-0.2, 0) is 21.2 Å². The van der Waals surface area contributed by atoms with E-state index in [2.05, 4.69) is 10.5 Å². The minimum Gasteiger partial charge on any atom is -0.374 e. The lowest BCUT2D eigenvalue weighted by Gasteiger charge is -2.29. The van der Waals surface area contributed by atoms with Gasteiger partial charge in [0.25, 0.3) is 11.5 Å². The van der Waals surface area contributed by atoms with Gasteiger partial charge in [0.05, 0.1) is 11.8 Å². The molecule has 5 nitrogen and oxygen atoms in total. The number of aryl methyl sites for hydroxylation is 1. The Labute approximate surface area is 194 Å². The van der Waals surface area contributed by atoms with Crippen LogP contribution in [0, 0.1) is 6.92 Å². The topological polar surface area (TPSA) is 67.8 Å². The van der Waals surface area contributed by atoms with Crippen LogP contribution in [0.25, 0.3) is 0 Å². The third-order valence-corrected chi connectivity index (χ3v) is 7.41. The number of alkyl halides is 3. The number of benzene rings is 2. The van der Waals surface area contributed by atoms with E-state index in [1.807, 2.05) is 0 Å². The van der Waals surface area contributed by atoms with Crippen LogP contribution in [-0.4, -0.2) is 39.6 Å². The number of oxime groups is 1. The number of halogens is 5. The monoisotopic (exact) mass is 504 g/mol. The molecule has 2 aliphatic heterocycles. The van der Waals surface area contributed by atoms with Crippen molar-refractivity contribution in [2.45, 2.75) is 31.2 Å². The molecule has 0 saturated carbocycles. The van der Waals surface area contributed by atoms with Gasteiger partial charge in [-0.3, -0.25) is 9.00 Å². The lowest BCUT2D eigenvalue weighted by Crippen LogP contribution is -2.50. The lowest BCUT2D eigenvalue weighted by atomic mass is 9.86. The Morgan fingerprint density at radius 2 is 1.84 bits per heavy atom. The zero-order chi connectivity index (χ0) is 23.3. The summed E-state index contributed by atoms with van der Waals surface area (Å²) in [5, 5.41) is 6.63. The molecule has 0 aromatic heterocycles. The van der Waals surface area contributed by atoms with Crippen LogP contribution in [0.4, 0.5) is 13.2 Å². The van der Waals surface area contributed by atoms with E-state index in [1.54, 1.807) is 13.0 Å². The number of amides is 1. The van der Waals surface area contributed by atoms with E-state index in [-0.39, 0.29) is 33.3 Å². The highest BCUT2D eigenvalue weighted by atomic mass is 35.5. The van der Waals surface area contributed by atoms with Gasteiger partial charge in [-0.25, -0.2) is 0 Å². The van der Waals surface area contributed by atoms with E-state index < -0.39 is 29.0 Å². The molecule has 2 heterocycles. The van der Waals surface area contributed by atoms with Gasteiger partial charge >= 0.3 is 6.18 Å². The Kier molecular flexibility index (Phi) is 6.02. The van der Waals surface area contributed by atoms with Crippen molar-refractivity contribution in [3.8, 4) is 0 Å². The van der Waals surface area contributed by atoms with Gasteiger partial charge in [0.1, 0.15) is 0 Å². The second kappa shape index (κ2) is 8.35. The number of hydrogen-bond donors (Lipinski definition) is 1. The van der Waals surface area contributed by atoms with Crippen LogP contribution in [0.2, 0.25) is 10.0 Å². The molecule has 0 bridgehead atoms. The molecule has 0 spiro atoms. The Morgan fingerprint density at radius 3 is 2.41 bits per heavy atom. The van der Waals surface area contributed by atoms with E-state index >= 15 is 0 Å². The molecule has 1 amide bonds. The van der Waals surface area contributed by atoms with Crippen molar-refractivity contribution in [3.05, 3.63) is 68.7 Å². The van der Waals surface area contributed by atoms with E-state index in [9.17, 15) is 22.2 Å². The molecule has 2 aromatic carbocycles. The molecule has 0 unspecified atom stereocenters. The van der Waals surface area contributed by atoms with Gasteiger partial charge < -0.3 is 10.2 Å². The van der Waals surface area contributed by atoms with E-state index in [0.717, 1.165) is 12.1 Å². The van der Waals surface area contributed by atoms with Crippen molar-refractivity contribution in [3.63, 3.8) is 0 Å². The molecule has 1 fully saturated rings. The molecule has 0 radical (unpaired) electrons. The van der Waals surface area contributed by atoms with Crippen molar-refractivity contribution in [1.29, 1.82) is 0 Å². The quantitative estimate of drug-likeness (QED) is 0.653. The van der Waals surface area contributed by atoms with Crippen LogP contribution in [0.1, 0.15) is 33.5 Å². The largest absolute Gasteiger partial charge is 0.435 e. The fourth-order valence-electron chi connectivity index (χ4n) is 3.69. The Balaban J connectivity index is 1.59. The number of rotatable bonds is 4. The molecular formula is C21H17Cl2F3N2O3S. The van der Waals surface area contributed by atoms with E-state index in [4.69, 9.17) is 28.0 Å². The Morgan fingerprint density at radius 1 is 1.19 bits per heavy atom. The van der Waals surface area contributed by atoms with Crippen LogP contribution < -0.4 is 5.32 Å².